The van der Waals surface area contributed by atoms with Gasteiger partial charge in [-0.25, -0.2) is 4.79 Å². The van der Waals surface area contributed by atoms with Crippen LogP contribution in [0.25, 0.3) is 20.5 Å². The van der Waals surface area contributed by atoms with Gasteiger partial charge >= 0.3 is 5.97 Å². The van der Waals surface area contributed by atoms with Gasteiger partial charge < -0.3 is 9.84 Å². The van der Waals surface area contributed by atoms with Crippen LogP contribution in [0.3, 0.4) is 0 Å². The molecule has 0 saturated heterocycles. The number of methoxy groups -OCH3 is 1. The lowest BCUT2D eigenvalue weighted by molar-refractivity contribution is 0.0693. The van der Waals surface area contributed by atoms with Crippen LogP contribution in [0.1, 0.15) is 10.4 Å². The molecule has 1 N–H and O–H groups in total. The highest BCUT2D eigenvalue weighted by atomic mass is 32.1. The molecule has 0 radical (unpaired) electrons. The second-order valence-corrected chi connectivity index (χ2v) is 5.42. The van der Waals surface area contributed by atoms with E-state index in [0.29, 0.717) is 5.75 Å². The van der Waals surface area contributed by atoms with Gasteiger partial charge in [0.1, 0.15) is 11.3 Å². The van der Waals surface area contributed by atoms with Crippen molar-refractivity contribution >= 4 is 27.4 Å². The number of carbonyl (C=O) groups is 1. The van der Waals surface area contributed by atoms with E-state index in [4.69, 9.17) is 4.74 Å². The van der Waals surface area contributed by atoms with Gasteiger partial charge in [0.25, 0.3) is 0 Å². The van der Waals surface area contributed by atoms with Crippen molar-refractivity contribution in [2.75, 3.05) is 7.11 Å². The van der Waals surface area contributed by atoms with Crippen LogP contribution < -0.4 is 4.74 Å². The number of para-hydroxylation sites is 1. The lowest BCUT2D eigenvalue weighted by atomic mass is 10.1. The highest BCUT2D eigenvalue weighted by Crippen LogP contribution is 2.39. The predicted molar refractivity (Wildman–Crippen MR) is 80.8 cm³/mol. The minimum absolute atomic E-state index is 0.183. The molecule has 0 spiro atoms. The van der Waals surface area contributed by atoms with E-state index in [0.717, 1.165) is 15.8 Å². The summed E-state index contributed by atoms with van der Waals surface area (Å²) in [5.41, 5.74) is 0.996. The molecule has 0 amide bonds. The fourth-order valence-electron chi connectivity index (χ4n) is 2.23. The highest BCUT2D eigenvalue weighted by molar-refractivity contribution is 7.22. The van der Waals surface area contributed by atoms with E-state index >= 15 is 0 Å². The maximum absolute atomic E-state index is 11.3. The molecule has 0 fully saturated rings. The molecule has 3 aromatic rings. The molecule has 4 heteroatoms. The first-order valence-corrected chi connectivity index (χ1v) is 6.91. The smallest absolute Gasteiger partial charge is 0.339 e. The number of carboxylic acid groups (broad SMARTS) is 1. The first-order chi connectivity index (χ1) is 9.70. The Labute approximate surface area is 120 Å². The summed E-state index contributed by atoms with van der Waals surface area (Å²) in [6.45, 7) is 0. The van der Waals surface area contributed by atoms with E-state index in [1.165, 1.54) is 11.8 Å². The van der Waals surface area contributed by atoms with Crippen molar-refractivity contribution in [1.29, 1.82) is 0 Å². The quantitative estimate of drug-likeness (QED) is 0.781. The first kappa shape index (κ1) is 12.7. The second-order valence-electron chi connectivity index (χ2n) is 4.34. The normalized spacial score (nSPS) is 10.7. The van der Waals surface area contributed by atoms with Crippen LogP contribution >= 0.6 is 11.3 Å². The lowest BCUT2D eigenvalue weighted by Gasteiger charge is -2.09. The number of aromatic carboxylic acids is 1. The Morgan fingerprint density at radius 2 is 1.95 bits per heavy atom. The van der Waals surface area contributed by atoms with Crippen LogP contribution in [0.2, 0.25) is 0 Å². The number of carboxylic acids is 1. The van der Waals surface area contributed by atoms with Crippen molar-refractivity contribution < 1.29 is 14.6 Å². The number of hydrogen-bond donors (Lipinski definition) is 1. The standard InChI is InChI=1S/C16H12O3S/c1-19-15-11(6-4-7-12(15)16(17)18)14-9-10-5-2-3-8-13(10)20-14/h2-9H,1H3,(H,17,18). The van der Waals surface area contributed by atoms with Crippen molar-refractivity contribution in [3.63, 3.8) is 0 Å². The molecular formula is C16H12O3S. The summed E-state index contributed by atoms with van der Waals surface area (Å²) in [5, 5.41) is 10.4. The molecule has 100 valence electrons. The van der Waals surface area contributed by atoms with E-state index in [1.54, 1.807) is 23.5 Å². The van der Waals surface area contributed by atoms with Crippen molar-refractivity contribution in [2.24, 2.45) is 0 Å². The van der Waals surface area contributed by atoms with E-state index in [1.807, 2.05) is 24.3 Å². The zero-order chi connectivity index (χ0) is 14.1. The number of thiophene rings is 1. The average molecular weight is 284 g/mol. The van der Waals surface area contributed by atoms with Gasteiger partial charge in [-0.1, -0.05) is 24.3 Å². The largest absolute Gasteiger partial charge is 0.495 e. The van der Waals surface area contributed by atoms with E-state index in [-0.39, 0.29) is 5.56 Å². The summed E-state index contributed by atoms with van der Waals surface area (Å²) < 4.78 is 6.49. The molecule has 2 aromatic carbocycles. The zero-order valence-electron chi connectivity index (χ0n) is 10.8. The van der Waals surface area contributed by atoms with Crippen molar-refractivity contribution in [2.45, 2.75) is 0 Å². The zero-order valence-corrected chi connectivity index (χ0v) is 11.6. The van der Waals surface area contributed by atoms with Gasteiger partial charge in [0.15, 0.2) is 0 Å². The second kappa shape index (κ2) is 4.98. The topological polar surface area (TPSA) is 46.5 Å². The Bertz CT molecular complexity index is 756. The molecule has 20 heavy (non-hydrogen) atoms. The Morgan fingerprint density at radius 1 is 1.15 bits per heavy atom. The summed E-state index contributed by atoms with van der Waals surface area (Å²) >= 11 is 1.63. The molecule has 1 aromatic heterocycles. The molecule has 0 aliphatic rings. The third-order valence-electron chi connectivity index (χ3n) is 3.14. The molecule has 0 aliphatic heterocycles. The third-order valence-corrected chi connectivity index (χ3v) is 4.29. The Hall–Kier alpha value is -2.33. The Balaban J connectivity index is 2.23. The van der Waals surface area contributed by atoms with Gasteiger partial charge in [0.05, 0.1) is 7.11 Å². The van der Waals surface area contributed by atoms with Crippen LogP contribution in [-0.2, 0) is 0 Å². The number of ether oxygens (including phenoxy) is 1. The van der Waals surface area contributed by atoms with Crippen molar-refractivity contribution in [3.8, 4) is 16.2 Å². The van der Waals surface area contributed by atoms with Crippen LogP contribution in [0.15, 0.2) is 48.5 Å². The minimum atomic E-state index is -0.982. The van der Waals surface area contributed by atoms with Crippen LogP contribution in [0.5, 0.6) is 5.75 Å². The Morgan fingerprint density at radius 3 is 2.65 bits per heavy atom. The van der Waals surface area contributed by atoms with Gasteiger partial charge in [-0.2, -0.15) is 0 Å². The maximum Gasteiger partial charge on any atom is 0.339 e. The molecule has 1 heterocycles. The molecule has 0 atom stereocenters. The average Bonchev–Trinajstić information content (AvgIpc) is 2.89. The van der Waals surface area contributed by atoms with Crippen molar-refractivity contribution in [1.82, 2.24) is 0 Å². The molecule has 0 bridgehead atoms. The fourth-order valence-corrected chi connectivity index (χ4v) is 3.32. The number of benzene rings is 2. The molecule has 0 aliphatic carbocycles. The summed E-state index contributed by atoms with van der Waals surface area (Å²) in [6, 6.07) is 15.3. The van der Waals surface area contributed by atoms with Crippen LogP contribution in [-0.4, -0.2) is 18.2 Å². The highest BCUT2D eigenvalue weighted by Gasteiger charge is 2.17. The first-order valence-electron chi connectivity index (χ1n) is 6.10. The van der Waals surface area contributed by atoms with Crippen LogP contribution in [0, 0.1) is 0 Å². The molecule has 3 rings (SSSR count). The molecule has 0 unspecified atom stereocenters. The van der Waals surface area contributed by atoms with Crippen LogP contribution in [0.4, 0.5) is 0 Å². The SMILES string of the molecule is COc1c(C(=O)O)cccc1-c1cc2ccccc2s1. The lowest BCUT2D eigenvalue weighted by Crippen LogP contribution is -2.01. The summed E-state index contributed by atoms with van der Waals surface area (Å²) in [7, 11) is 1.50. The third kappa shape index (κ3) is 2.04. The predicted octanol–water partition coefficient (Wildman–Crippen LogP) is 4.28. The van der Waals surface area contributed by atoms with Gasteiger partial charge in [-0.15, -0.1) is 11.3 Å². The maximum atomic E-state index is 11.3. The molecular weight excluding hydrogens is 272 g/mol. The summed E-state index contributed by atoms with van der Waals surface area (Å²) in [5.74, 6) is -0.573. The van der Waals surface area contributed by atoms with Gasteiger partial charge in [-0.05, 0) is 29.7 Å². The van der Waals surface area contributed by atoms with Gasteiger partial charge in [-0.3, -0.25) is 0 Å². The number of fused-ring (bicyclic) bond motifs is 1. The minimum Gasteiger partial charge on any atom is -0.495 e. The van der Waals surface area contributed by atoms with E-state index in [9.17, 15) is 9.90 Å². The summed E-state index contributed by atoms with van der Waals surface area (Å²) in [6.07, 6.45) is 0. The van der Waals surface area contributed by atoms with Crippen molar-refractivity contribution in [3.05, 3.63) is 54.1 Å². The van der Waals surface area contributed by atoms with E-state index < -0.39 is 5.97 Å². The number of hydrogen-bond acceptors (Lipinski definition) is 3. The fraction of sp³-hybridized carbons (Fsp3) is 0.0625. The van der Waals surface area contributed by atoms with Gasteiger partial charge in [0.2, 0.25) is 0 Å². The summed E-state index contributed by atoms with van der Waals surface area (Å²) in [4.78, 5) is 12.3. The monoisotopic (exact) mass is 284 g/mol. The molecule has 3 nitrogen and oxygen atoms in total. The molecule has 0 saturated carbocycles. The van der Waals surface area contributed by atoms with E-state index in [2.05, 4.69) is 12.1 Å². The number of rotatable bonds is 3. The Kier molecular flexibility index (Phi) is 3.16. The van der Waals surface area contributed by atoms with Gasteiger partial charge in [0, 0.05) is 15.1 Å².